The Labute approximate surface area is 123 Å². The van der Waals surface area contributed by atoms with E-state index in [1.54, 1.807) is 7.11 Å². The molecule has 1 saturated carbocycles. The number of ether oxygens (including phenoxy) is 1. The predicted octanol–water partition coefficient (Wildman–Crippen LogP) is 4.19. The SMILES string of the molecule is CCNC(Cc1ccccc1OC)C1(CC)CCCC1. The summed E-state index contributed by atoms with van der Waals surface area (Å²) in [5.74, 6) is 1.03. The third kappa shape index (κ3) is 3.17. The first-order valence-electron chi connectivity index (χ1n) is 8.11. The van der Waals surface area contributed by atoms with Crippen LogP contribution in [0.3, 0.4) is 0 Å². The van der Waals surface area contributed by atoms with Gasteiger partial charge in [0.2, 0.25) is 0 Å². The van der Waals surface area contributed by atoms with Crippen LogP contribution in [0.1, 0.15) is 51.5 Å². The van der Waals surface area contributed by atoms with Crippen LogP contribution in [-0.4, -0.2) is 19.7 Å². The molecule has 0 heterocycles. The molecule has 112 valence electrons. The summed E-state index contributed by atoms with van der Waals surface area (Å²) in [6.07, 6.45) is 7.88. The first kappa shape index (κ1) is 15.4. The van der Waals surface area contributed by atoms with E-state index in [9.17, 15) is 0 Å². The molecule has 1 aliphatic carbocycles. The number of hydrogen-bond acceptors (Lipinski definition) is 2. The lowest BCUT2D eigenvalue weighted by molar-refractivity contribution is 0.185. The number of hydrogen-bond donors (Lipinski definition) is 1. The van der Waals surface area contributed by atoms with Crippen LogP contribution < -0.4 is 10.1 Å². The van der Waals surface area contributed by atoms with Gasteiger partial charge >= 0.3 is 0 Å². The normalized spacial score (nSPS) is 18.9. The first-order chi connectivity index (χ1) is 9.75. The molecule has 0 aromatic heterocycles. The van der Waals surface area contributed by atoms with Crippen molar-refractivity contribution in [2.45, 2.75) is 58.4 Å². The highest BCUT2D eigenvalue weighted by Crippen LogP contribution is 2.45. The van der Waals surface area contributed by atoms with Crippen LogP contribution in [0.2, 0.25) is 0 Å². The van der Waals surface area contributed by atoms with Gasteiger partial charge in [0.05, 0.1) is 7.11 Å². The highest BCUT2D eigenvalue weighted by molar-refractivity contribution is 5.34. The molecule has 0 radical (unpaired) electrons. The molecule has 1 aliphatic rings. The largest absolute Gasteiger partial charge is 0.496 e. The van der Waals surface area contributed by atoms with Crippen molar-refractivity contribution in [2.75, 3.05) is 13.7 Å². The van der Waals surface area contributed by atoms with Crippen molar-refractivity contribution in [3.8, 4) is 5.75 Å². The van der Waals surface area contributed by atoms with Gasteiger partial charge in [0.15, 0.2) is 0 Å². The summed E-state index contributed by atoms with van der Waals surface area (Å²) < 4.78 is 5.53. The molecule has 1 N–H and O–H groups in total. The molecule has 0 saturated heterocycles. The van der Waals surface area contributed by atoms with Crippen LogP contribution in [0, 0.1) is 5.41 Å². The van der Waals surface area contributed by atoms with Gasteiger partial charge in [-0.15, -0.1) is 0 Å². The fraction of sp³-hybridized carbons (Fsp3) is 0.667. The quantitative estimate of drug-likeness (QED) is 0.806. The third-order valence-corrected chi connectivity index (χ3v) is 5.11. The van der Waals surface area contributed by atoms with Gasteiger partial charge in [-0.2, -0.15) is 0 Å². The van der Waals surface area contributed by atoms with Crippen molar-refractivity contribution in [2.24, 2.45) is 5.41 Å². The average molecular weight is 275 g/mol. The van der Waals surface area contributed by atoms with E-state index in [0.29, 0.717) is 11.5 Å². The maximum Gasteiger partial charge on any atom is 0.122 e. The van der Waals surface area contributed by atoms with Crippen LogP contribution in [0.15, 0.2) is 24.3 Å². The summed E-state index contributed by atoms with van der Waals surface area (Å²) in [6.45, 7) is 5.62. The second kappa shape index (κ2) is 7.12. The Morgan fingerprint density at radius 1 is 1.20 bits per heavy atom. The fourth-order valence-corrected chi connectivity index (χ4v) is 3.87. The van der Waals surface area contributed by atoms with E-state index >= 15 is 0 Å². The number of para-hydroxylation sites is 1. The van der Waals surface area contributed by atoms with E-state index in [0.717, 1.165) is 18.7 Å². The standard InChI is InChI=1S/C18H29NO/c1-4-18(12-8-9-13-18)17(19-5-2)14-15-10-6-7-11-16(15)20-3/h6-7,10-11,17,19H,4-5,8-9,12-14H2,1-3H3. The van der Waals surface area contributed by atoms with E-state index in [1.807, 2.05) is 0 Å². The van der Waals surface area contributed by atoms with Gasteiger partial charge in [0.1, 0.15) is 5.75 Å². The Morgan fingerprint density at radius 2 is 1.90 bits per heavy atom. The Balaban J connectivity index is 2.20. The molecule has 1 fully saturated rings. The molecule has 0 amide bonds. The van der Waals surface area contributed by atoms with Gasteiger partial charge in [-0.1, -0.05) is 44.9 Å². The van der Waals surface area contributed by atoms with E-state index in [-0.39, 0.29) is 0 Å². The van der Waals surface area contributed by atoms with Crippen molar-refractivity contribution >= 4 is 0 Å². The third-order valence-electron chi connectivity index (χ3n) is 5.11. The van der Waals surface area contributed by atoms with E-state index < -0.39 is 0 Å². The summed E-state index contributed by atoms with van der Waals surface area (Å²) in [4.78, 5) is 0. The summed E-state index contributed by atoms with van der Waals surface area (Å²) in [7, 11) is 1.77. The van der Waals surface area contributed by atoms with Crippen molar-refractivity contribution in [3.63, 3.8) is 0 Å². The Kier molecular flexibility index (Phi) is 5.47. The molecule has 1 unspecified atom stereocenters. The molecular weight excluding hydrogens is 246 g/mol. The maximum absolute atomic E-state index is 5.53. The van der Waals surface area contributed by atoms with Crippen LogP contribution in [0.25, 0.3) is 0 Å². The van der Waals surface area contributed by atoms with Gasteiger partial charge in [-0.05, 0) is 49.3 Å². The van der Waals surface area contributed by atoms with E-state index in [4.69, 9.17) is 4.74 Å². The van der Waals surface area contributed by atoms with Crippen molar-refractivity contribution < 1.29 is 4.74 Å². The van der Waals surface area contributed by atoms with Crippen LogP contribution in [-0.2, 0) is 6.42 Å². The smallest absolute Gasteiger partial charge is 0.122 e. The minimum absolute atomic E-state index is 0.483. The number of methoxy groups -OCH3 is 1. The maximum atomic E-state index is 5.53. The Bertz CT molecular complexity index is 410. The van der Waals surface area contributed by atoms with Gasteiger partial charge in [-0.25, -0.2) is 0 Å². The summed E-state index contributed by atoms with van der Waals surface area (Å²) in [6, 6.07) is 9.02. The molecule has 0 bridgehead atoms. The monoisotopic (exact) mass is 275 g/mol. The molecular formula is C18H29NO. The summed E-state index contributed by atoms with van der Waals surface area (Å²) in [5, 5.41) is 3.76. The van der Waals surface area contributed by atoms with Gasteiger partial charge < -0.3 is 10.1 Å². The molecule has 1 atom stereocenters. The second-order valence-corrected chi connectivity index (χ2v) is 6.05. The van der Waals surface area contributed by atoms with Crippen molar-refractivity contribution in [3.05, 3.63) is 29.8 Å². The van der Waals surface area contributed by atoms with Gasteiger partial charge in [0.25, 0.3) is 0 Å². The lowest BCUT2D eigenvalue weighted by Crippen LogP contribution is -2.45. The Hall–Kier alpha value is -1.02. The van der Waals surface area contributed by atoms with Crippen LogP contribution in [0.5, 0.6) is 5.75 Å². The molecule has 1 aromatic rings. The first-order valence-corrected chi connectivity index (χ1v) is 8.11. The fourth-order valence-electron chi connectivity index (χ4n) is 3.87. The molecule has 0 spiro atoms. The topological polar surface area (TPSA) is 21.3 Å². The number of rotatable bonds is 7. The molecule has 2 rings (SSSR count). The second-order valence-electron chi connectivity index (χ2n) is 6.05. The zero-order chi connectivity index (χ0) is 14.4. The highest BCUT2D eigenvalue weighted by atomic mass is 16.5. The minimum atomic E-state index is 0.483. The van der Waals surface area contributed by atoms with Gasteiger partial charge in [-0.3, -0.25) is 0 Å². The molecule has 20 heavy (non-hydrogen) atoms. The zero-order valence-electron chi connectivity index (χ0n) is 13.2. The van der Waals surface area contributed by atoms with Gasteiger partial charge in [0, 0.05) is 6.04 Å². The average Bonchev–Trinajstić information content (AvgIpc) is 2.97. The molecule has 1 aromatic carbocycles. The molecule has 2 nitrogen and oxygen atoms in total. The van der Waals surface area contributed by atoms with Crippen LogP contribution >= 0.6 is 0 Å². The highest BCUT2D eigenvalue weighted by Gasteiger charge is 2.39. The van der Waals surface area contributed by atoms with E-state index in [1.165, 1.54) is 37.7 Å². The van der Waals surface area contributed by atoms with Crippen LogP contribution in [0.4, 0.5) is 0 Å². The number of benzene rings is 1. The number of nitrogens with one attached hydrogen (secondary N) is 1. The minimum Gasteiger partial charge on any atom is -0.496 e. The summed E-state index contributed by atoms with van der Waals surface area (Å²) in [5.41, 5.74) is 1.82. The Morgan fingerprint density at radius 3 is 2.50 bits per heavy atom. The predicted molar refractivity (Wildman–Crippen MR) is 85.4 cm³/mol. The van der Waals surface area contributed by atoms with Crippen molar-refractivity contribution in [1.82, 2.24) is 5.32 Å². The lowest BCUT2D eigenvalue weighted by atomic mass is 9.74. The lowest BCUT2D eigenvalue weighted by Gasteiger charge is -2.38. The summed E-state index contributed by atoms with van der Waals surface area (Å²) >= 11 is 0. The van der Waals surface area contributed by atoms with Crippen molar-refractivity contribution in [1.29, 1.82) is 0 Å². The zero-order valence-corrected chi connectivity index (χ0v) is 13.2. The molecule has 2 heteroatoms. The molecule has 0 aliphatic heterocycles. The van der Waals surface area contributed by atoms with E-state index in [2.05, 4.69) is 43.4 Å². The number of likely N-dealkylation sites (N-methyl/N-ethyl adjacent to an activating group) is 1.